The Bertz CT molecular complexity index is 1320. The summed E-state index contributed by atoms with van der Waals surface area (Å²) in [4.78, 5) is 2.57. The molecule has 0 aliphatic heterocycles. The molecule has 7 heteroatoms. The van der Waals surface area contributed by atoms with Crippen molar-refractivity contribution in [1.29, 1.82) is 0 Å². The van der Waals surface area contributed by atoms with Crippen LogP contribution < -0.4 is 26.4 Å². The van der Waals surface area contributed by atoms with Gasteiger partial charge >= 0.3 is 21.2 Å². The van der Waals surface area contributed by atoms with Crippen LogP contribution in [0.1, 0.15) is 5.56 Å². The SMILES string of the molecule is C[Si](C)(C)c1ccc(Sc2ccc([I+]c3ccccc3)cc2)cc1.Cc1ccc(S(=O)(=O)O)cc1. The van der Waals surface area contributed by atoms with Gasteiger partial charge in [0.2, 0.25) is 0 Å². The van der Waals surface area contributed by atoms with Gasteiger partial charge in [0, 0.05) is 9.79 Å². The normalized spacial score (nSPS) is 11.5. The summed E-state index contributed by atoms with van der Waals surface area (Å²) in [6.07, 6.45) is 0. The molecular formula is C28H30IO3S2Si+. The zero-order valence-corrected chi connectivity index (χ0v) is 25.1. The maximum Gasteiger partial charge on any atom is 0.357 e. The molecule has 0 fully saturated rings. The number of halogens is 1. The van der Waals surface area contributed by atoms with Crippen LogP contribution in [0.25, 0.3) is 0 Å². The summed E-state index contributed by atoms with van der Waals surface area (Å²) in [6.45, 7) is 9.02. The summed E-state index contributed by atoms with van der Waals surface area (Å²) < 4.78 is 32.5. The first kappa shape index (κ1) is 27.7. The fourth-order valence-corrected chi connectivity index (χ4v) is 7.71. The summed E-state index contributed by atoms with van der Waals surface area (Å²) in [6, 6.07) is 35.0. The molecule has 35 heavy (non-hydrogen) atoms. The second-order valence-corrected chi connectivity index (χ2v) is 19.7. The highest BCUT2D eigenvalue weighted by atomic mass is 127. The minimum atomic E-state index is -4.02. The molecule has 0 aromatic heterocycles. The number of hydrogen-bond donors (Lipinski definition) is 1. The van der Waals surface area contributed by atoms with Crippen molar-refractivity contribution in [2.24, 2.45) is 0 Å². The lowest BCUT2D eigenvalue weighted by Gasteiger charge is -2.16. The summed E-state index contributed by atoms with van der Waals surface area (Å²) in [5.41, 5.74) is 0.956. The van der Waals surface area contributed by atoms with E-state index in [1.54, 1.807) is 12.1 Å². The molecule has 0 spiro atoms. The van der Waals surface area contributed by atoms with E-state index < -0.39 is 18.2 Å². The number of rotatable bonds is 6. The predicted octanol–water partition coefficient (Wildman–Crippen LogP) is 3.75. The topological polar surface area (TPSA) is 54.4 Å². The molecule has 0 saturated carbocycles. The Labute approximate surface area is 225 Å². The number of aryl methyl sites for hydroxylation is 1. The van der Waals surface area contributed by atoms with Crippen LogP contribution in [0.5, 0.6) is 0 Å². The molecule has 0 aliphatic carbocycles. The van der Waals surface area contributed by atoms with Crippen LogP contribution in [0, 0.1) is 14.1 Å². The Morgan fingerprint density at radius 2 is 1.17 bits per heavy atom. The van der Waals surface area contributed by atoms with Crippen LogP contribution in [0.2, 0.25) is 19.6 Å². The van der Waals surface area contributed by atoms with Gasteiger partial charge in [0.05, 0.1) is 13.0 Å². The molecule has 3 nitrogen and oxygen atoms in total. The maximum atomic E-state index is 10.5. The van der Waals surface area contributed by atoms with Gasteiger partial charge in [-0.1, -0.05) is 84.6 Å². The molecule has 4 aromatic rings. The van der Waals surface area contributed by atoms with Gasteiger partial charge in [-0.3, -0.25) is 4.55 Å². The third-order valence-corrected chi connectivity index (χ3v) is 11.7. The van der Waals surface area contributed by atoms with Gasteiger partial charge in [-0.2, -0.15) is 8.42 Å². The van der Waals surface area contributed by atoms with E-state index in [-0.39, 0.29) is 26.1 Å². The van der Waals surface area contributed by atoms with Gasteiger partial charge in [0.1, 0.15) is 0 Å². The molecule has 0 atom stereocenters. The Kier molecular flexibility index (Phi) is 9.77. The third-order valence-electron chi connectivity index (χ3n) is 5.04. The summed E-state index contributed by atoms with van der Waals surface area (Å²) in [7, 11) is -5.22. The van der Waals surface area contributed by atoms with Crippen molar-refractivity contribution in [2.45, 2.75) is 41.3 Å². The Hall–Kier alpha value is -1.91. The molecule has 1 N–H and O–H groups in total. The Morgan fingerprint density at radius 1 is 0.686 bits per heavy atom. The van der Waals surface area contributed by atoms with E-state index >= 15 is 0 Å². The van der Waals surface area contributed by atoms with Crippen LogP contribution in [0.15, 0.2) is 118 Å². The van der Waals surface area contributed by atoms with E-state index in [0.717, 1.165) is 5.56 Å². The van der Waals surface area contributed by atoms with Gasteiger partial charge in [-0.15, -0.1) is 0 Å². The van der Waals surface area contributed by atoms with E-state index in [0.29, 0.717) is 0 Å². The highest BCUT2D eigenvalue weighted by molar-refractivity contribution is 7.99. The molecule has 4 rings (SSSR count). The summed E-state index contributed by atoms with van der Waals surface area (Å²) in [5.74, 6) is 0. The van der Waals surface area contributed by atoms with Gasteiger partial charge < -0.3 is 0 Å². The monoisotopic (exact) mass is 633 g/mol. The molecular weight excluding hydrogens is 603 g/mol. The maximum absolute atomic E-state index is 10.5. The van der Waals surface area contributed by atoms with Crippen LogP contribution >= 0.6 is 11.8 Å². The lowest BCUT2D eigenvalue weighted by Crippen LogP contribution is -3.61. The fourth-order valence-electron chi connectivity index (χ4n) is 3.04. The number of hydrogen-bond acceptors (Lipinski definition) is 3. The smallest absolute Gasteiger partial charge is 0.282 e. The van der Waals surface area contributed by atoms with Crippen molar-refractivity contribution in [3.05, 3.63) is 116 Å². The second kappa shape index (κ2) is 12.4. The van der Waals surface area contributed by atoms with Crippen molar-refractivity contribution in [3.63, 3.8) is 0 Å². The third kappa shape index (κ3) is 9.23. The molecule has 0 unspecified atom stereocenters. The second-order valence-electron chi connectivity index (χ2n) is 9.01. The first-order valence-corrected chi connectivity index (χ1v) is 19.0. The predicted molar refractivity (Wildman–Crippen MR) is 145 cm³/mol. The molecule has 0 amide bonds. The average Bonchev–Trinajstić information content (AvgIpc) is 2.81. The number of benzene rings is 4. The van der Waals surface area contributed by atoms with Gasteiger partial charge in [0.25, 0.3) is 10.1 Å². The largest absolute Gasteiger partial charge is 0.357 e. The minimum Gasteiger partial charge on any atom is -0.282 e. The van der Waals surface area contributed by atoms with Crippen molar-refractivity contribution < 1.29 is 34.2 Å². The van der Waals surface area contributed by atoms with Crippen molar-refractivity contribution in [1.82, 2.24) is 0 Å². The summed E-state index contributed by atoms with van der Waals surface area (Å²) in [5, 5.41) is 1.52. The standard InChI is InChI=1S/C21H22ISSi.C7H8O3S/c1-24(2,3)21-15-13-20(14-16-21)23-19-11-9-18(10-12-19)22-17-7-5-4-6-8-17;1-6-2-4-7(5-3-6)11(8,9)10/h4-16H,1-3H3;2-5H,1H3,(H,8,9,10)/q+1;. The molecule has 182 valence electrons. The zero-order chi connectivity index (χ0) is 25.5. The molecule has 0 heterocycles. The summed E-state index contributed by atoms with van der Waals surface area (Å²) >= 11 is 1.78. The minimum absolute atomic E-state index is 0.0666. The lowest BCUT2D eigenvalue weighted by molar-refractivity contribution is -0.597. The molecule has 0 bridgehead atoms. The zero-order valence-electron chi connectivity index (χ0n) is 20.3. The first-order chi connectivity index (χ1) is 16.5. The van der Waals surface area contributed by atoms with Crippen LogP contribution in [-0.4, -0.2) is 21.0 Å². The van der Waals surface area contributed by atoms with Crippen LogP contribution in [-0.2, 0) is 10.1 Å². The first-order valence-electron chi connectivity index (χ1n) is 11.1. The Morgan fingerprint density at radius 3 is 1.66 bits per heavy atom. The van der Waals surface area contributed by atoms with Crippen molar-refractivity contribution >= 4 is 35.1 Å². The van der Waals surface area contributed by atoms with Gasteiger partial charge in [-0.25, -0.2) is 0 Å². The van der Waals surface area contributed by atoms with E-state index in [1.165, 1.54) is 34.3 Å². The highest BCUT2D eigenvalue weighted by Crippen LogP contribution is 2.26. The van der Waals surface area contributed by atoms with E-state index in [4.69, 9.17) is 4.55 Å². The molecule has 0 radical (unpaired) electrons. The lowest BCUT2D eigenvalue weighted by atomic mass is 10.2. The molecule has 0 aliphatic rings. The van der Waals surface area contributed by atoms with E-state index in [9.17, 15) is 8.42 Å². The van der Waals surface area contributed by atoms with E-state index in [1.807, 2.05) is 18.7 Å². The van der Waals surface area contributed by atoms with Crippen molar-refractivity contribution in [2.75, 3.05) is 0 Å². The molecule has 4 aromatic carbocycles. The van der Waals surface area contributed by atoms with E-state index in [2.05, 4.69) is 98.5 Å². The van der Waals surface area contributed by atoms with Crippen LogP contribution in [0.4, 0.5) is 0 Å². The van der Waals surface area contributed by atoms with Gasteiger partial charge in [-0.05, 0) is 67.6 Å². The molecule has 0 saturated heterocycles. The highest BCUT2D eigenvalue weighted by Gasteiger charge is 2.16. The fraction of sp³-hybridized carbons (Fsp3) is 0.143. The van der Waals surface area contributed by atoms with Crippen LogP contribution in [0.3, 0.4) is 0 Å². The Balaban J connectivity index is 0.000000261. The average molecular weight is 634 g/mol. The quantitative estimate of drug-likeness (QED) is 0.200. The van der Waals surface area contributed by atoms with Crippen molar-refractivity contribution in [3.8, 4) is 0 Å². The van der Waals surface area contributed by atoms with Gasteiger partial charge in [0.15, 0.2) is 7.14 Å².